The molecular formula is C32H68BrP. The van der Waals surface area contributed by atoms with E-state index in [1.165, 1.54) is 128 Å². The second kappa shape index (κ2) is 30.1. The van der Waals surface area contributed by atoms with Crippen molar-refractivity contribution in [1.29, 1.82) is 0 Å². The number of hydrogen-bond donors (Lipinski definition) is 0. The van der Waals surface area contributed by atoms with Crippen LogP contribution in [0.4, 0.5) is 0 Å². The van der Waals surface area contributed by atoms with Crippen LogP contribution in [-0.4, -0.2) is 24.6 Å². The van der Waals surface area contributed by atoms with Crippen molar-refractivity contribution < 1.29 is 17.0 Å². The highest BCUT2D eigenvalue weighted by Crippen LogP contribution is 2.61. The Morgan fingerprint density at radius 2 is 0.441 bits per heavy atom. The lowest BCUT2D eigenvalue weighted by atomic mass is 10.1. The molecule has 0 saturated carbocycles. The zero-order valence-electron chi connectivity index (χ0n) is 24.6. The van der Waals surface area contributed by atoms with Gasteiger partial charge in [0, 0.05) is 7.26 Å². The van der Waals surface area contributed by atoms with Crippen molar-refractivity contribution in [3.63, 3.8) is 0 Å². The fraction of sp³-hybridized carbons (Fsp3) is 1.00. The summed E-state index contributed by atoms with van der Waals surface area (Å²) >= 11 is 0. The maximum atomic E-state index is 2.35. The predicted octanol–water partition coefficient (Wildman–Crippen LogP) is 9.45. The smallest absolute Gasteiger partial charge is 0.0594 e. The van der Waals surface area contributed by atoms with Gasteiger partial charge in [-0.05, 0) is 51.4 Å². The van der Waals surface area contributed by atoms with Crippen LogP contribution in [0.5, 0.6) is 0 Å². The standard InChI is InChI=1S/C32H68P.BrH/c1-5-9-13-17-18-19-20-24-28-32-33(29-25-21-14-10-6-2,30-26-22-15-11-7-3)31-27-23-16-12-8-4;/h5-32H2,1-4H3;1H/q+1;/p-1. The van der Waals surface area contributed by atoms with Crippen LogP contribution in [0.25, 0.3) is 0 Å². The summed E-state index contributed by atoms with van der Waals surface area (Å²) in [5, 5.41) is 0. The molecule has 0 aromatic carbocycles. The van der Waals surface area contributed by atoms with Gasteiger partial charge in [-0.3, -0.25) is 0 Å². The van der Waals surface area contributed by atoms with Crippen molar-refractivity contribution in [3.8, 4) is 0 Å². The summed E-state index contributed by atoms with van der Waals surface area (Å²) in [5.41, 5.74) is 0. The Morgan fingerprint density at radius 3 is 0.647 bits per heavy atom. The SMILES string of the molecule is CCCCCCCCCCC[P+](CCCCCCC)(CCCCCCC)CCCCCCC.[Br-]. The Kier molecular flexibility index (Phi) is 32.9. The van der Waals surface area contributed by atoms with E-state index < -0.39 is 7.26 Å². The summed E-state index contributed by atoms with van der Waals surface area (Å²) < 4.78 is 0. The molecule has 0 N–H and O–H groups in total. The molecule has 0 amide bonds. The molecule has 0 aromatic rings. The van der Waals surface area contributed by atoms with Gasteiger partial charge in [0.05, 0.1) is 24.6 Å². The topological polar surface area (TPSA) is 0 Å². The lowest BCUT2D eigenvalue weighted by molar-refractivity contribution is -0.00000755. The first-order valence-electron chi connectivity index (χ1n) is 16.1. The van der Waals surface area contributed by atoms with Crippen molar-refractivity contribution in [2.24, 2.45) is 0 Å². The van der Waals surface area contributed by atoms with Crippen LogP contribution >= 0.6 is 7.26 Å². The van der Waals surface area contributed by atoms with Gasteiger partial charge in [-0.1, -0.05) is 130 Å². The maximum absolute atomic E-state index is 2.35. The van der Waals surface area contributed by atoms with Gasteiger partial charge in [-0.2, -0.15) is 0 Å². The van der Waals surface area contributed by atoms with Crippen LogP contribution in [0, 0.1) is 0 Å². The lowest BCUT2D eigenvalue weighted by Crippen LogP contribution is -3.00. The van der Waals surface area contributed by atoms with Crippen molar-refractivity contribution in [2.45, 2.75) is 182 Å². The molecule has 0 unspecified atom stereocenters. The van der Waals surface area contributed by atoms with E-state index in [9.17, 15) is 0 Å². The average molecular weight is 564 g/mol. The van der Waals surface area contributed by atoms with Gasteiger partial charge in [-0.25, -0.2) is 0 Å². The minimum absolute atomic E-state index is 0. The maximum Gasteiger partial charge on any atom is 0.0594 e. The van der Waals surface area contributed by atoms with Gasteiger partial charge in [-0.15, -0.1) is 0 Å². The molecule has 0 aliphatic heterocycles. The van der Waals surface area contributed by atoms with Crippen LogP contribution in [0.3, 0.4) is 0 Å². The molecule has 0 heterocycles. The van der Waals surface area contributed by atoms with Crippen molar-refractivity contribution in [3.05, 3.63) is 0 Å². The Morgan fingerprint density at radius 1 is 0.265 bits per heavy atom. The highest BCUT2D eigenvalue weighted by atomic mass is 79.9. The molecule has 2 heteroatoms. The van der Waals surface area contributed by atoms with Crippen molar-refractivity contribution >= 4 is 7.26 Å². The molecular weight excluding hydrogens is 495 g/mol. The van der Waals surface area contributed by atoms with Crippen LogP contribution in [0.2, 0.25) is 0 Å². The van der Waals surface area contributed by atoms with E-state index in [0.717, 1.165) is 0 Å². The quantitative estimate of drug-likeness (QED) is 0.0657. The number of halogens is 1. The summed E-state index contributed by atoms with van der Waals surface area (Å²) in [7, 11) is -0.712. The van der Waals surface area contributed by atoms with Gasteiger partial charge in [0.2, 0.25) is 0 Å². The summed E-state index contributed by atoms with van der Waals surface area (Å²) in [4.78, 5) is 0. The van der Waals surface area contributed by atoms with Crippen LogP contribution in [0.1, 0.15) is 182 Å². The molecule has 0 aliphatic rings. The molecule has 0 rings (SSSR count). The zero-order chi connectivity index (χ0) is 24.3. The molecule has 208 valence electrons. The minimum Gasteiger partial charge on any atom is -1.00 e. The van der Waals surface area contributed by atoms with Gasteiger partial charge in [0.15, 0.2) is 0 Å². The highest BCUT2D eigenvalue weighted by molar-refractivity contribution is 7.75. The van der Waals surface area contributed by atoms with Gasteiger partial charge < -0.3 is 17.0 Å². The van der Waals surface area contributed by atoms with Gasteiger partial charge >= 0.3 is 0 Å². The Bertz CT molecular complexity index is 321. The predicted molar refractivity (Wildman–Crippen MR) is 160 cm³/mol. The van der Waals surface area contributed by atoms with Crippen molar-refractivity contribution in [2.75, 3.05) is 24.6 Å². The zero-order valence-corrected chi connectivity index (χ0v) is 27.1. The lowest BCUT2D eigenvalue weighted by Gasteiger charge is -2.28. The van der Waals surface area contributed by atoms with E-state index in [4.69, 9.17) is 0 Å². The van der Waals surface area contributed by atoms with Crippen LogP contribution in [-0.2, 0) is 0 Å². The van der Waals surface area contributed by atoms with E-state index >= 15 is 0 Å². The number of hydrogen-bond acceptors (Lipinski definition) is 0. The van der Waals surface area contributed by atoms with E-state index in [0.29, 0.717) is 0 Å². The van der Waals surface area contributed by atoms with E-state index in [-0.39, 0.29) is 17.0 Å². The Hall–Kier alpha value is 0.910. The summed E-state index contributed by atoms with van der Waals surface area (Å²) in [5.74, 6) is 0. The third-order valence-electron chi connectivity index (χ3n) is 7.94. The Balaban J connectivity index is 0. The molecule has 0 saturated heterocycles. The summed E-state index contributed by atoms with van der Waals surface area (Å²) in [6, 6.07) is 0. The third-order valence-corrected chi connectivity index (χ3v) is 13.0. The average Bonchev–Trinajstić information content (AvgIpc) is 2.82. The van der Waals surface area contributed by atoms with Gasteiger partial charge in [0.1, 0.15) is 0 Å². The third kappa shape index (κ3) is 24.6. The molecule has 0 aliphatic carbocycles. The van der Waals surface area contributed by atoms with Crippen LogP contribution < -0.4 is 17.0 Å². The largest absolute Gasteiger partial charge is 1.00 e. The number of rotatable bonds is 28. The van der Waals surface area contributed by atoms with E-state index in [1.54, 1.807) is 50.3 Å². The second-order valence-electron chi connectivity index (χ2n) is 11.3. The summed E-state index contributed by atoms with van der Waals surface area (Å²) in [6.45, 7) is 9.39. The first-order valence-corrected chi connectivity index (χ1v) is 18.6. The van der Waals surface area contributed by atoms with Gasteiger partial charge in [0.25, 0.3) is 0 Å². The number of unbranched alkanes of at least 4 members (excludes halogenated alkanes) is 20. The molecule has 34 heavy (non-hydrogen) atoms. The molecule has 0 nitrogen and oxygen atoms in total. The minimum atomic E-state index is -0.712. The fourth-order valence-electron chi connectivity index (χ4n) is 5.58. The molecule has 0 bridgehead atoms. The summed E-state index contributed by atoms with van der Waals surface area (Å²) in [6.07, 6.45) is 42.1. The monoisotopic (exact) mass is 562 g/mol. The molecule has 0 fully saturated rings. The van der Waals surface area contributed by atoms with Crippen LogP contribution in [0.15, 0.2) is 0 Å². The first kappa shape index (κ1) is 37.1. The molecule has 0 radical (unpaired) electrons. The molecule has 0 spiro atoms. The second-order valence-corrected chi connectivity index (χ2v) is 15.8. The highest BCUT2D eigenvalue weighted by Gasteiger charge is 2.34. The van der Waals surface area contributed by atoms with E-state index in [1.807, 2.05) is 0 Å². The first-order chi connectivity index (χ1) is 16.2. The normalized spacial score (nSPS) is 11.6. The molecule has 0 aromatic heterocycles. The fourth-order valence-corrected chi connectivity index (χ4v) is 10.5. The van der Waals surface area contributed by atoms with Crippen molar-refractivity contribution in [1.82, 2.24) is 0 Å². The van der Waals surface area contributed by atoms with E-state index in [2.05, 4.69) is 27.7 Å². The Labute approximate surface area is 230 Å². The molecule has 0 atom stereocenters.